The van der Waals surface area contributed by atoms with Gasteiger partial charge in [0.2, 0.25) is 5.91 Å². The summed E-state index contributed by atoms with van der Waals surface area (Å²) >= 11 is 13.5. The number of imide groups is 1. The van der Waals surface area contributed by atoms with Crippen LogP contribution >= 0.6 is 63.7 Å². The predicted molar refractivity (Wildman–Crippen MR) is 137 cm³/mol. The van der Waals surface area contributed by atoms with Crippen molar-refractivity contribution in [3.05, 3.63) is 29.0 Å². The molecule has 0 saturated carbocycles. The first-order valence-electron chi connectivity index (χ1n) is 10.2. The first-order chi connectivity index (χ1) is 14.7. The molecule has 0 radical (unpaired) electrons. The van der Waals surface area contributed by atoms with Crippen molar-refractivity contribution in [1.82, 2.24) is 20.7 Å². The summed E-state index contributed by atoms with van der Waals surface area (Å²) in [6.45, 7) is 9.37. The second-order valence-corrected chi connectivity index (χ2v) is 12.7. The minimum Gasteiger partial charge on any atom is -0.313 e. The highest BCUT2D eigenvalue weighted by Crippen LogP contribution is 2.45. The molecule has 0 spiro atoms. The Balaban J connectivity index is 1.62. The van der Waals surface area contributed by atoms with E-state index in [2.05, 4.69) is 114 Å². The van der Waals surface area contributed by atoms with Crippen LogP contribution in [0.4, 0.5) is 0 Å². The monoisotopic (exact) mass is 698 g/mol. The van der Waals surface area contributed by atoms with Gasteiger partial charge in [-0.05, 0) is 111 Å². The third-order valence-electron chi connectivity index (χ3n) is 6.43. The first kappa shape index (κ1) is 26.3. The molecule has 0 unspecified atom stereocenters. The third-order valence-corrected chi connectivity index (χ3v) is 11.2. The van der Waals surface area contributed by atoms with Gasteiger partial charge < -0.3 is 5.32 Å². The maximum absolute atomic E-state index is 12.9. The summed E-state index contributed by atoms with van der Waals surface area (Å²) in [6.07, 6.45) is 2.09. The number of fused-ring (bicyclic) bond motifs is 1. The largest absolute Gasteiger partial charge is 0.313 e. The van der Waals surface area contributed by atoms with Gasteiger partial charge in [0.25, 0.3) is 11.8 Å². The van der Waals surface area contributed by atoms with Gasteiger partial charge in [0.15, 0.2) is 0 Å². The van der Waals surface area contributed by atoms with Gasteiger partial charge in [0, 0.05) is 48.0 Å². The standard InChI is InChI=1S/C21H26Br4N4O3/c1-20(2)8-10(9-21(3,4)28(20)5)26-7-6-11(30)27-29-18(31)12-13(19(29)32)15(23)17(25)16(24)14(12)22/h10,26H,6-9H2,1-5H3,(H,27,30). The smallest absolute Gasteiger partial charge is 0.281 e. The summed E-state index contributed by atoms with van der Waals surface area (Å²) in [6, 6.07) is 0.282. The average Bonchev–Trinajstić information content (AvgIpc) is 2.93. The topological polar surface area (TPSA) is 81.8 Å². The van der Waals surface area contributed by atoms with Crippen LogP contribution in [0.3, 0.4) is 0 Å². The minimum absolute atomic E-state index is 0.0468. The summed E-state index contributed by atoms with van der Waals surface area (Å²) < 4.78 is 2.11. The number of hydrazine groups is 1. The molecular formula is C21H26Br4N4O3. The Hall–Kier alpha value is -0.330. The maximum Gasteiger partial charge on any atom is 0.281 e. The second kappa shape index (κ2) is 9.37. The van der Waals surface area contributed by atoms with E-state index in [-0.39, 0.29) is 34.7 Å². The quantitative estimate of drug-likeness (QED) is 0.257. The van der Waals surface area contributed by atoms with Crippen LogP contribution in [0.25, 0.3) is 0 Å². The van der Waals surface area contributed by atoms with Crippen LogP contribution in [0.1, 0.15) is 67.7 Å². The van der Waals surface area contributed by atoms with E-state index >= 15 is 0 Å². The number of likely N-dealkylation sites (tertiary alicyclic amines) is 1. The number of halogens is 4. The minimum atomic E-state index is -0.578. The molecule has 0 bridgehead atoms. The van der Waals surface area contributed by atoms with E-state index in [0.717, 1.165) is 17.9 Å². The molecule has 1 aromatic rings. The maximum atomic E-state index is 12.9. The number of piperidine rings is 1. The van der Waals surface area contributed by atoms with Gasteiger partial charge in [-0.15, -0.1) is 0 Å². The molecule has 3 amide bonds. The van der Waals surface area contributed by atoms with Crippen molar-refractivity contribution < 1.29 is 14.4 Å². The Morgan fingerprint density at radius 1 is 0.906 bits per heavy atom. The van der Waals surface area contributed by atoms with Gasteiger partial charge in [-0.1, -0.05) is 0 Å². The normalized spacial score (nSPS) is 20.6. The van der Waals surface area contributed by atoms with Crippen LogP contribution < -0.4 is 10.7 Å². The molecule has 1 saturated heterocycles. The van der Waals surface area contributed by atoms with Crippen LogP contribution in [0, 0.1) is 0 Å². The fourth-order valence-corrected chi connectivity index (χ4v) is 6.99. The zero-order chi connectivity index (χ0) is 24.2. The number of hydrogen-bond donors (Lipinski definition) is 2. The molecule has 0 atom stereocenters. The molecule has 1 fully saturated rings. The number of carbonyl (C=O) groups is 3. The third kappa shape index (κ3) is 4.75. The van der Waals surface area contributed by atoms with Gasteiger partial charge in [-0.3, -0.25) is 24.7 Å². The molecule has 7 nitrogen and oxygen atoms in total. The molecule has 1 aromatic carbocycles. The van der Waals surface area contributed by atoms with Crippen molar-refractivity contribution in [2.75, 3.05) is 13.6 Å². The number of hydrogen-bond acceptors (Lipinski definition) is 5. The molecule has 2 aliphatic rings. The SMILES string of the molecule is CN1C(C)(C)CC(NCCC(=O)NN2C(=O)c3c(Br)c(Br)c(Br)c(Br)c3C2=O)CC1(C)C. The first-order valence-corrected chi connectivity index (χ1v) is 13.4. The lowest BCUT2D eigenvalue weighted by atomic mass is 9.77. The van der Waals surface area contributed by atoms with E-state index in [4.69, 9.17) is 0 Å². The highest BCUT2D eigenvalue weighted by atomic mass is 79.9. The molecule has 11 heteroatoms. The summed E-state index contributed by atoms with van der Waals surface area (Å²) in [4.78, 5) is 40.7. The highest BCUT2D eigenvalue weighted by Gasteiger charge is 2.43. The summed E-state index contributed by atoms with van der Waals surface area (Å²) in [7, 11) is 2.15. The van der Waals surface area contributed by atoms with E-state index < -0.39 is 17.7 Å². The molecule has 2 heterocycles. The molecule has 2 N–H and O–H groups in total. The van der Waals surface area contributed by atoms with E-state index in [1.54, 1.807) is 0 Å². The fraction of sp³-hybridized carbons (Fsp3) is 0.571. The molecule has 0 aliphatic carbocycles. The molecular weight excluding hydrogens is 676 g/mol. The molecule has 0 aromatic heterocycles. The van der Waals surface area contributed by atoms with Crippen LogP contribution in [0.15, 0.2) is 17.9 Å². The van der Waals surface area contributed by atoms with E-state index in [1.807, 2.05) is 0 Å². The van der Waals surface area contributed by atoms with Crippen LogP contribution in [-0.4, -0.2) is 58.3 Å². The van der Waals surface area contributed by atoms with Crippen LogP contribution in [0.5, 0.6) is 0 Å². The highest BCUT2D eigenvalue weighted by molar-refractivity contribution is 9.15. The van der Waals surface area contributed by atoms with Gasteiger partial charge in [-0.25, -0.2) is 0 Å². The number of nitrogens with zero attached hydrogens (tertiary/aromatic N) is 2. The van der Waals surface area contributed by atoms with E-state index in [0.29, 0.717) is 24.4 Å². The molecule has 2 aliphatic heterocycles. The number of amides is 3. The van der Waals surface area contributed by atoms with Gasteiger partial charge >= 0.3 is 0 Å². The number of benzene rings is 1. The van der Waals surface area contributed by atoms with Crippen LogP contribution in [-0.2, 0) is 4.79 Å². The summed E-state index contributed by atoms with van der Waals surface area (Å²) in [5.41, 5.74) is 2.96. The summed E-state index contributed by atoms with van der Waals surface area (Å²) in [5.74, 6) is -1.55. The zero-order valence-corrected chi connectivity index (χ0v) is 24.9. The van der Waals surface area contributed by atoms with Crippen LogP contribution in [0.2, 0.25) is 0 Å². The number of rotatable bonds is 5. The Morgan fingerprint density at radius 2 is 1.34 bits per heavy atom. The fourth-order valence-electron chi connectivity index (χ4n) is 4.54. The Labute approximate surface area is 221 Å². The second-order valence-electron chi connectivity index (χ2n) is 9.48. The van der Waals surface area contributed by atoms with Gasteiger partial charge in [0.1, 0.15) is 0 Å². The Bertz CT molecular complexity index is 931. The van der Waals surface area contributed by atoms with Crippen molar-refractivity contribution in [1.29, 1.82) is 0 Å². The van der Waals surface area contributed by atoms with Crippen molar-refractivity contribution in [2.45, 2.75) is 64.1 Å². The van der Waals surface area contributed by atoms with Gasteiger partial charge in [0.05, 0.1) is 11.1 Å². The van der Waals surface area contributed by atoms with Gasteiger partial charge in [-0.2, -0.15) is 5.01 Å². The lowest BCUT2D eigenvalue weighted by Gasteiger charge is -2.53. The van der Waals surface area contributed by atoms with Crippen molar-refractivity contribution in [3.63, 3.8) is 0 Å². The lowest BCUT2D eigenvalue weighted by molar-refractivity contribution is -0.124. The number of carbonyl (C=O) groups excluding carboxylic acids is 3. The summed E-state index contributed by atoms with van der Waals surface area (Å²) in [5, 5.41) is 4.26. The number of nitrogens with one attached hydrogen (secondary N) is 2. The van der Waals surface area contributed by atoms with E-state index in [9.17, 15) is 14.4 Å². The predicted octanol–water partition coefficient (Wildman–Crippen LogP) is 4.99. The Kier molecular flexibility index (Phi) is 7.70. The van der Waals surface area contributed by atoms with E-state index in [1.165, 1.54) is 0 Å². The average molecular weight is 702 g/mol. The van der Waals surface area contributed by atoms with Crippen molar-refractivity contribution >= 4 is 81.4 Å². The Morgan fingerprint density at radius 3 is 1.78 bits per heavy atom. The zero-order valence-electron chi connectivity index (χ0n) is 18.5. The molecule has 3 rings (SSSR count). The van der Waals surface area contributed by atoms with Crippen molar-refractivity contribution in [3.8, 4) is 0 Å². The molecule has 32 heavy (non-hydrogen) atoms. The molecule has 176 valence electrons. The van der Waals surface area contributed by atoms with Crippen molar-refractivity contribution in [2.24, 2.45) is 0 Å². The lowest BCUT2D eigenvalue weighted by Crippen LogP contribution is -2.62.